The molecule has 0 radical (unpaired) electrons. The summed E-state index contributed by atoms with van der Waals surface area (Å²) in [5.41, 5.74) is 0.516. The minimum absolute atomic E-state index is 0.00753. The molecule has 2 aliphatic heterocycles. The van der Waals surface area contributed by atoms with E-state index in [-0.39, 0.29) is 11.5 Å². The number of aliphatic hydroxyl groups excluding tert-OH is 1. The number of aliphatic hydroxyl groups is 1. The van der Waals surface area contributed by atoms with Gasteiger partial charge in [0.25, 0.3) is 0 Å². The van der Waals surface area contributed by atoms with Gasteiger partial charge in [0, 0.05) is 11.1 Å². The lowest BCUT2D eigenvalue weighted by Crippen LogP contribution is -2.77. The Labute approximate surface area is 174 Å². The van der Waals surface area contributed by atoms with Crippen molar-refractivity contribution in [3.8, 4) is 11.5 Å². The number of phenolic OH excluding ortho intramolecular Hbond substituents is 1. The molecule has 6 rings (SSSR count). The van der Waals surface area contributed by atoms with Crippen molar-refractivity contribution >= 4 is 5.78 Å². The maximum atomic E-state index is 13.7. The number of hydrogen-bond acceptors (Lipinski definition) is 6. The molecule has 0 saturated carbocycles. The highest BCUT2D eigenvalue weighted by Gasteiger charge is 2.74. The van der Waals surface area contributed by atoms with Gasteiger partial charge in [-0.3, -0.25) is 9.69 Å². The van der Waals surface area contributed by atoms with E-state index >= 15 is 0 Å². The fraction of sp³-hybridized carbons (Fsp3) is 0.375. The molecule has 2 aromatic rings. The Bertz CT molecular complexity index is 1080. The van der Waals surface area contributed by atoms with Crippen LogP contribution in [0.25, 0.3) is 0 Å². The van der Waals surface area contributed by atoms with Crippen molar-refractivity contribution in [3.63, 3.8) is 0 Å². The fourth-order valence-electron chi connectivity index (χ4n) is 6.16. The number of nitrogens with zero attached hydrogens (tertiary/aromatic N) is 1. The molecule has 2 N–H and O–H groups in total. The number of ketones is 1. The molecule has 0 aromatic heterocycles. The van der Waals surface area contributed by atoms with Crippen LogP contribution in [0, 0.1) is 0 Å². The van der Waals surface area contributed by atoms with Crippen molar-refractivity contribution in [1.82, 2.24) is 4.90 Å². The summed E-state index contributed by atoms with van der Waals surface area (Å²) in [7, 11) is 1.94. The van der Waals surface area contributed by atoms with Gasteiger partial charge < -0.3 is 19.7 Å². The molecule has 6 heteroatoms. The summed E-state index contributed by atoms with van der Waals surface area (Å²) in [6, 6.07) is 12.5. The number of likely N-dealkylation sites (N-methyl/N-ethyl adjacent to an activating group) is 1. The lowest BCUT2D eigenvalue weighted by molar-refractivity contribution is -0.175. The van der Waals surface area contributed by atoms with Gasteiger partial charge in [-0.15, -0.1) is 0 Å². The third-order valence-corrected chi connectivity index (χ3v) is 7.40. The molecule has 0 unspecified atom stereocenters. The Morgan fingerprint density at radius 1 is 1.23 bits per heavy atom. The molecule has 2 heterocycles. The van der Waals surface area contributed by atoms with Gasteiger partial charge in [0.15, 0.2) is 17.3 Å². The highest BCUT2D eigenvalue weighted by atomic mass is 16.5. The zero-order valence-corrected chi connectivity index (χ0v) is 16.6. The van der Waals surface area contributed by atoms with Crippen LogP contribution >= 0.6 is 0 Å². The molecule has 154 valence electrons. The minimum Gasteiger partial charge on any atom is -0.504 e. The van der Waals surface area contributed by atoms with E-state index in [4.69, 9.17) is 9.47 Å². The van der Waals surface area contributed by atoms with Crippen molar-refractivity contribution in [2.24, 2.45) is 0 Å². The van der Waals surface area contributed by atoms with Crippen LogP contribution in [0.1, 0.15) is 27.9 Å². The van der Waals surface area contributed by atoms with Gasteiger partial charge in [-0.25, -0.2) is 0 Å². The average Bonchev–Trinajstić information content (AvgIpc) is 3.11. The molecule has 2 bridgehead atoms. The molecule has 5 atom stereocenters. The van der Waals surface area contributed by atoms with Gasteiger partial charge in [0.1, 0.15) is 23.9 Å². The smallest absolute Gasteiger partial charge is 0.183 e. The number of carbonyl (C=O) groups is 1. The van der Waals surface area contributed by atoms with Crippen LogP contribution in [0.2, 0.25) is 0 Å². The quantitative estimate of drug-likeness (QED) is 0.762. The first-order chi connectivity index (χ1) is 14.5. The normalized spacial score (nSPS) is 35.8. The Kier molecular flexibility index (Phi) is 3.59. The number of Topliss-reactive ketones (excluding diaryl/α,β-unsaturated/α-hetero) is 1. The molecule has 30 heavy (non-hydrogen) atoms. The average molecular weight is 405 g/mol. The Balaban J connectivity index is 1.61. The van der Waals surface area contributed by atoms with E-state index in [1.54, 1.807) is 12.1 Å². The van der Waals surface area contributed by atoms with Crippen LogP contribution in [-0.4, -0.2) is 58.3 Å². The Morgan fingerprint density at radius 2 is 2.03 bits per heavy atom. The zero-order valence-electron chi connectivity index (χ0n) is 16.6. The topological polar surface area (TPSA) is 79.2 Å². The monoisotopic (exact) mass is 405 g/mol. The maximum Gasteiger partial charge on any atom is 0.183 e. The van der Waals surface area contributed by atoms with E-state index in [9.17, 15) is 15.0 Å². The summed E-state index contributed by atoms with van der Waals surface area (Å²) in [5, 5.41) is 21.4. The number of phenols is 1. The molecule has 0 amide bonds. The molecule has 1 fully saturated rings. The van der Waals surface area contributed by atoms with Gasteiger partial charge in [-0.2, -0.15) is 0 Å². The number of rotatable bonds is 3. The maximum absolute atomic E-state index is 13.7. The Hall–Kier alpha value is -2.67. The summed E-state index contributed by atoms with van der Waals surface area (Å²) < 4.78 is 12.9. The van der Waals surface area contributed by atoms with Crippen molar-refractivity contribution < 1.29 is 24.5 Å². The standard InChI is InChI=1S/C24H23NO5/c1-25-12-11-23-18-15-7-8-16(26)20(18)30-22(23)17(27)9-10-24(23,21(25)19(15)28)29-13-14-5-3-2-4-6-14/h2-10,17,21-22,26-27H,11-13H2,1H3/t17-,21+,22-,23-,24+/m0/s1. The van der Waals surface area contributed by atoms with E-state index in [2.05, 4.69) is 0 Å². The van der Waals surface area contributed by atoms with Gasteiger partial charge >= 0.3 is 0 Å². The largest absolute Gasteiger partial charge is 0.504 e. The summed E-state index contributed by atoms with van der Waals surface area (Å²) in [6.45, 7) is 0.999. The number of carbonyl (C=O) groups excluding carboxylic acids is 1. The number of benzene rings is 2. The lowest BCUT2D eigenvalue weighted by atomic mass is 9.50. The van der Waals surface area contributed by atoms with E-state index in [0.29, 0.717) is 36.4 Å². The second-order valence-electron chi connectivity index (χ2n) is 8.76. The molecular weight excluding hydrogens is 382 g/mol. The van der Waals surface area contributed by atoms with E-state index in [1.165, 1.54) is 6.07 Å². The molecule has 1 saturated heterocycles. The van der Waals surface area contributed by atoms with Crippen LogP contribution in [0.3, 0.4) is 0 Å². The lowest BCUT2D eigenvalue weighted by Gasteiger charge is -2.62. The second kappa shape index (κ2) is 5.94. The van der Waals surface area contributed by atoms with Crippen LogP contribution in [0.5, 0.6) is 11.5 Å². The third kappa shape index (κ3) is 1.97. The summed E-state index contributed by atoms with van der Waals surface area (Å²) >= 11 is 0. The first kappa shape index (κ1) is 18.1. The van der Waals surface area contributed by atoms with Gasteiger partial charge in [0.2, 0.25) is 0 Å². The van der Waals surface area contributed by atoms with Crippen LogP contribution in [0.4, 0.5) is 0 Å². The number of piperidine rings is 1. The predicted octanol–water partition coefficient (Wildman–Crippen LogP) is 2.18. The van der Waals surface area contributed by atoms with Crippen LogP contribution in [0.15, 0.2) is 54.6 Å². The van der Waals surface area contributed by atoms with Crippen LogP contribution in [-0.2, 0) is 16.8 Å². The molecule has 6 nitrogen and oxygen atoms in total. The molecule has 4 aliphatic rings. The first-order valence-electron chi connectivity index (χ1n) is 10.3. The van der Waals surface area contributed by atoms with Crippen molar-refractivity contribution in [1.29, 1.82) is 0 Å². The first-order valence-corrected chi connectivity index (χ1v) is 10.3. The van der Waals surface area contributed by atoms with Crippen molar-refractivity contribution in [3.05, 3.63) is 71.3 Å². The van der Waals surface area contributed by atoms with Gasteiger partial charge in [-0.05, 0) is 37.7 Å². The molecular formula is C24H23NO5. The molecule has 1 spiro atoms. The van der Waals surface area contributed by atoms with Crippen LogP contribution < -0.4 is 4.74 Å². The summed E-state index contributed by atoms with van der Waals surface area (Å²) in [6.07, 6.45) is 2.74. The summed E-state index contributed by atoms with van der Waals surface area (Å²) in [4.78, 5) is 15.8. The zero-order chi connectivity index (χ0) is 20.7. The SMILES string of the molecule is CN1CC[C@]23c4c5ccc(O)c4O[C@H]2[C@@H](O)C=C[C@@]3(OCc2ccccc2)[C@H]1C5=O. The summed E-state index contributed by atoms with van der Waals surface area (Å²) in [5.74, 6) is 0.263. The highest BCUT2D eigenvalue weighted by Crippen LogP contribution is 2.65. The molecule has 2 aliphatic carbocycles. The van der Waals surface area contributed by atoms with Gasteiger partial charge in [0.05, 0.1) is 12.0 Å². The number of hydrogen-bond donors (Lipinski definition) is 2. The predicted molar refractivity (Wildman–Crippen MR) is 109 cm³/mol. The number of aromatic hydroxyl groups is 1. The third-order valence-electron chi connectivity index (χ3n) is 7.40. The molecule has 2 aromatic carbocycles. The number of ether oxygens (including phenoxy) is 2. The Morgan fingerprint density at radius 3 is 2.83 bits per heavy atom. The second-order valence-corrected chi connectivity index (χ2v) is 8.76. The van der Waals surface area contributed by atoms with Crippen molar-refractivity contribution in [2.45, 2.75) is 42.3 Å². The minimum atomic E-state index is -0.997. The van der Waals surface area contributed by atoms with E-state index in [0.717, 1.165) is 5.56 Å². The van der Waals surface area contributed by atoms with Gasteiger partial charge in [-0.1, -0.05) is 42.5 Å². The van der Waals surface area contributed by atoms with E-state index < -0.39 is 29.3 Å². The van der Waals surface area contributed by atoms with E-state index in [1.807, 2.05) is 48.4 Å². The number of likely N-dealkylation sites (tertiary alicyclic amines) is 1. The fourth-order valence-corrected chi connectivity index (χ4v) is 6.16. The highest BCUT2D eigenvalue weighted by molar-refractivity contribution is 6.06. The van der Waals surface area contributed by atoms with Crippen molar-refractivity contribution in [2.75, 3.05) is 13.6 Å².